The Morgan fingerprint density at radius 2 is 1.77 bits per heavy atom. The molecule has 56 heavy (non-hydrogen) atoms. The smallest absolute Gasteiger partial charge is 0.242 e. The second-order valence-electron chi connectivity index (χ2n) is 15.7. The number of rotatable bonds is 6. The number of aromatic hydroxyl groups is 1. The number of imide groups is 2. The second kappa shape index (κ2) is 13.0. The number of allylic oxidation sites excluding steroid dienone is 3. The summed E-state index contributed by atoms with van der Waals surface area (Å²) in [7, 11) is 1.72. The van der Waals surface area contributed by atoms with E-state index in [0.717, 1.165) is 31.7 Å². The van der Waals surface area contributed by atoms with Crippen LogP contribution in [0.3, 0.4) is 0 Å². The maximum atomic E-state index is 15.2. The normalized spacial score (nSPS) is 25.8. The van der Waals surface area contributed by atoms with Crippen molar-refractivity contribution in [1.29, 1.82) is 0 Å². The van der Waals surface area contributed by atoms with Crippen molar-refractivity contribution in [3.63, 3.8) is 0 Å². The molecule has 3 fully saturated rings. The molecule has 4 aliphatic rings. The summed E-state index contributed by atoms with van der Waals surface area (Å²) in [6, 6.07) is 18.1. The van der Waals surface area contributed by atoms with Gasteiger partial charge in [0.25, 0.3) is 0 Å². The zero-order valence-corrected chi connectivity index (χ0v) is 33.5. The molecule has 3 aromatic carbocycles. The molecular formula is C44H38Cl2N4O5S. The summed E-state index contributed by atoms with van der Waals surface area (Å²) in [4.78, 5) is 62.2. The molecule has 12 heteroatoms. The van der Waals surface area contributed by atoms with Crippen molar-refractivity contribution < 1.29 is 24.3 Å². The molecule has 2 aliphatic carbocycles. The maximum Gasteiger partial charge on any atom is 0.242 e. The van der Waals surface area contributed by atoms with Gasteiger partial charge < -0.3 is 5.11 Å². The maximum absolute atomic E-state index is 15.2. The molecule has 4 amide bonds. The molecule has 0 radical (unpaired) electrons. The summed E-state index contributed by atoms with van der Waals surface area (Å²) in [5, 5.41) is 18.8. The topological polar surface area (TPSA) is 113 Å². The van der Waals surface area contributed by atoms with E-state index >= 15 is 4.79 Å². The zero-order valence-electron chi connectivity index (χ0n) is 31.2. The highest BCUT2D eigenvalue weighted by Gasteiger charge is 2.68. The van der Waals surface area contributed by atoms with E-state index in [0.29, 0.717) is 44.8 Å². The lowest BCUT2D eigenvalue weighted by Crippen LogP contribution is -2.49. The van der Waals surface area contributed by atoms with Gasteiger partial charge in [0.15, 0.2) is 0 Å². The van der Waals surface area contributed by atoms with Crippen LogP contribution < -0.4 is 9.80 Å². The van der Waals surface area contributed by atoms with Crippen LogP contribution in [0.1, 0.15) is 47.9 Å². The number of aromatic nitrogens is 2. The van der Waals surface area contributed by atoms with Gasteiger partial charge in [0.05, 0.1) is 33.7 Å². The number of thiophene rings is 1. The Labute approximate surface area is 337 Å². The lowest BCUT2D eigenvalue weighted by atomic mass is 9.51. The van der Waals surface area contributed by atoms with Crippen LogP contribution in [-0.4, -0.2) is 38.5 Å². The summed E-state index contributed by atoms with van der Waals surface area (Å²) in [5.41, 5.74) is 3.41. The fraction of sp³-hybridized carbons (Fsp3) is 0.295. The second-order valence-corrected chi connectivity index (χ2v) is 17.6. The Hall–Kier alpha value is -5.03. The number of halogens is 2. The van der Waals surface area contributed by atoms with Gasteiger partial charge in [-0.1, -0.05) is 65.2 Å². The van der Waals surface area contributed by atoms with E-state index in [-0.39, 0.29) is 30.4 Å². The minimum Gasteiger partial charge on any atom is -0.507 e. The van der Waals surface area contributed by atoms with E-state index in [2.05, 4.69) is 6.58 Å². The number of para-hydroxylation sites is 1. The average Bonchev–Trinajstić information content (AvgIpc) is 3.84. The van der Waals surface area contributed by atoms with Gasteiger partial charge in [0.1, 0.15) is 17.3 Å². The predicted octanol–water partition coefficient (Wildman–Crippen LogP) is 9.09. The number of anilines is 2. The Balaban J connectivity index is 1.17. The predicted molar refractivity (Wildman–Crippen MR) is 219 cm³/mol. The highest BCUT2D eigenvalue weighted by Crippen LogP contribution is 2.64. The Morgan fingerprint density at radius 1 is 0.982 bits per heavy atom. The molecule has 0 bridgehead atoms. The highest BCUT2D eigenvalue weighted by atomic mass is 35.5. The van der Waals surface area contributed by atoms with Crippen molar-refractivity contribution >= 4 is 79.8 Å². The third-order valence-electron chi connectivity index (χ3n) is 12.7. The summed E-state index contributed by atoms with van der Waals surface area (Å²) in [6.45, 7) is 9.53. The molecule has 9 rings (SSSR count). The van der Waals surface area contributed by atoms with Gasteiger partial charge in [0.2, 0.25) is 23.6 Å². The number of carbonyl (C=O) groups is 4. The Bertz CT molecular complexity index is 2630. The first kappa shape index (κ1) is 36.6. The lowest BCUT2D eigenvalue weighted by molar-refractivity contribution is -0.131. The molecule has 5 aromatic rings. The van der Waals surface area contributed by atoms with Crippen molar-refractivity contribution in [3.8, 4) is 16.3 Å². The molecular weight excluding hydrogens is 767 g/mol. The van der Waals surface area contributed by atoms with Gasteiger partial charge >= 0.3 is 0 Å². The van der Waals surface area contributed by atoms with Crippen LogP contribution in [0.4, 0.5) is 11.5 Å². The molecule has 0 unspecified atom stereocenters. The molecule has 2 aromatic heterocycles. The zero-order chi connectivity index (χ0) is 39.5. The summed E-state index contributed by atoms with van der Waals surface area (Å²) in [6.07, 6.45) is 4.52. The van der Waals surface area contributed by atoms with Crippen molar-refractivity contribution in [2.75, 3.05) is 9.80 Å². The molecule has 0 spiro atoms. The molecule has 2 saturated heterocycles. The van der Waals surface area contributed by atoms with Gasteiger partial charge in [-0.3, -0.25) is 23.9 Å². The number of phenols is 1. The molecule has 9 nitrogen and oxygen atoms in total. The first-order valence-corrected chi connectivity index (χ1v) is 20.2. The van der Waals surface area contributed by atoms with Gasteiger partial charge in [0, 0.05) is 39.3 Å². The largest absolute Gasteiger partial charge is 0.507 e. The summed E-state index contributed by atoms with van der Waals surface area (Å²) >= 11 is 14.4. The van der Waals surface area contributed by atoms with E-state index in [9.17, 15) is 19.5 Å². The number of hydrogen-bond donors (Lipinski definition) is 1. The van der Waals surface area contributed by atoms with Crippen LogP contribution in [0.15, 0.2) is 85.0 Å². The highest BCUT2D eigenvalue weighted by molar-refractivity contribution is 7.22. The average molecular weight is 806 g/mol. The van der Waals surface area contributed by atoms with E-state index in [4.69, 9.17) is 28.3 Å². The third-order valence-corrected chi connectivity index (χ3v) is 14.7. The van der Waals surface area contributed by atoms with Crippen LogP contribution in [0.5, 0.6) is 5.75 Å². The third kappa shape index (κ3) is 5.08. The van der Waals surface area contributed by atoms with Crippen LogP contribution in [0, 0.1) is 42.9 Å². The van der Waals surface area contributed by atoms with E-state index < -0.39 is 46.8 Å². The summed E-state index contributed by atoms with van der Waals surface area (Å²) in [5.74, 6) is -4.74. The van der Waals surface area contributed by atoms with Crippen LogP contribution >= 0.6 is 34.5 Å². The van der Waals surface area contributed by atoms with E-state index in [1.54, 1.807) is 59.5 Å². The van der Waals surface area contributed by atoms with Crippen LogP contribution in [0.25, 0.3) is 20.7 Å². The van der Waals surface area contributed by atoms with Crippen molar-refractivity contribution in [1.82, 2.24) is 9.78 Å². The number of benzene rings is 3. The monoisotopic (exact) mass is 804 g/mol. The Morgan fingerprint density at radius 3 is 2.52 bits per heavy atom. The van der Waals surface area contributed by atoms with Gasteiger partial charge in [-0.25, -0.2) is 9.80 Å². The molecule has 1 saturated carbocycles. The Kier molecular flexibility index (Phi) is 8.50. The number of nitrogens with zero attached hydrogens (tertiary/aromatic N) is 4. The molecule has 284 valence electrons. The van der Waals surface area contributed by atoms with Crippen LogP contribution in [-0.2, 0) is 32.6 Å². The number of fused-ring (bicyclic) bond motifs is 5. The fourth-order valence-corrected chi connectivity index (χ4v) is 11.4. The number of aryl methyl sites for hydroxylation is 3. The number of hydrogen-bond acceptors (Lipinski definition) is 7. The van der Waals surface area contributed by atoms with E-state index in [1.165, 1.54) is 9.80 Å². The first-order valence-electron chi connectivity index (χ1n) is 18.6. The van der Waals surface area contributed by atoms with Crippen LogP contribution in [0.2, 0.25) is 10.0 Å². The van der Waals surface area contributed by atoms with Crippen molar-refractivity contribution in [2.45, 2.75) is 46.0 Å². The molecule has 2 aliphatic heterocycles. The standard InChI is InChI=1S/C44H38Cl2N4O5S/c1-6-8-23-9-7-10-28(38(23)51)37-26-14-15-27-36(42(54)49(40(27)52)25-13-11-21(2)32(46)18-25)30(26)19-31-41(53)50(43(55)44(31,37)4)35-20-33(47-48(35)5)39-22(3)29-17-24(45)12-16-34(29)56-39/h6-7,9-14,16-18,20,27,30-31,36-37,51H,1,8,15,19H2,2-5H3/t27-,30+,31-,36-,37+,44+/m0/s1. The molecule has 6 atom stereocenters. The quantitative estimate of drug-likeness (QED) is 0.135. The van der Waals surface area contributed by atoms with Gasteiger partial charge in [-0.2, -0.15) is 5.10 Å². The van der Waals surface area contributed by atoms with Crippen molar-refractivity contribution in [2.24, 2.45) is 36.1 Å². The van der Waals surface area contributed by atoms with Gasteiger partial charge in [-0.05, 0) is 98.4 Å². The SMILES string of the molecule is C=CCc1cccc([C@H]2C3=CC[C@@H]4C(=O)N(c5ccc(C)c(Cl)c5)C(=O)[C@@H]4[C@@H]3C[C@H]3C(=O)N(c4cc(-c5sc6ccc(Cl)cc6c5C)nn4C)C(=O)[C@@]23C)c1O. The van der Waals surface area contributed by atoms with E-state index in [1.807, 2.05) is 57.2 Å². The lowest BCUT2D eigenvalue weighted by Gasteiger charge is -2.49. The number of carbonyl (C=O) groups excluding carboxylic acids is 4. The number of amides is 4. The van der Waals surface area contributed by atoms with Crippen molar-refractivity contribution in [3.05, 3.63) is 117 Å². The minimum absolute atomic E-state index is 0.0210. The fourth-order valence-electron chi connectivity index (χ4n) is 9.93. The first-order chi connectivity index (χ1) is 26.8. The number of phenolic OH excluding ortho intramolecular Hbond substituents is 1. The van der Waals surface area contributed by atoms with Gasteiger partial charge in [-0.15, -0.1) is 17.9 Å². The summed E-state index contributed by atoms with van der Waals surface area (Å²) < 4.78 is 2.60. The molecule has 4 heterocycles. The minimum atomic E-state index is -1.35. The molecule has 1 N–H and O–H groups in total.